The highest BCUT2D eigenvalue weighted by Gasteiger charge is 2.30. The van der Waals surface area contributed by atoms with Gasteiger partial charge in [0.2, 0.25) is 11.7 Å². The lowest BCUT2D eigenvalue weighted by molar-refractivity contribution is -0.137. The van der Waals surface area contributed by atoms with Crippen molar-refractivity contribution in [1.29, 1.82) is 0 Å². The maximum Gasteiger partial charge on any atom is 0.416 e. The van der Waals surface area contributed by atoms with Crippen LogP contribution in [-0.4, -0.2) is 20.3 Å². The molecule has 22 heavy (non-hydrogen) atoms. The van der Waals surface area contributed by atoms with Crippen LogP contribution in [0.15, 0.2) is 47.1 Å². The van der Waals surface area contributed by atoms with Gasteiger partial charge in [-0.2, -0.15) is 23.3 Å². The molecule has 0 spiro atoms. The molecule has 0 saturated heterocycles. The monoisotopic (exact) mass is 306 g/mol. The number of benzene rings is 1. The molecule has 0 amide bonds. The summed E-state index contributed by atoms with van der Waals surface area (Å²) in [5, 5.41) is 11.3. The average Bonchev–Trinajstić information content (AvgIpc) is 2.96. The molecule has 0 atom stereocenters. The summed E-state index contributed by atoms with van der Waals surface area (Å²) in [7, 11) is 0. The molecule has 0 aliphatic carbocycles. The molecule has 2 heterocycles. The van der Waals surface area contributed by atoms with Crippen LogP contribution >= 0.6 is 0 Å². The van der Waals surface area contributed by atoms with E-state index >= 15 is 0 Å². The van der Waals surface area contributed by atoms with Gasteiger partial charge in [0.15, 0.2) is 0 Å². The number of aromatic nitrogens is 4. The predicted octanol–water partition coefficient (Wildman–Crippen LogP) is 3.14. The van der Waals surface area contributed by atoms with Gasteiger partial charge in [-0.1, -0.05) is 23.4 Å². The quantitative estimate of drug-likeness (QED) is 0.744. The standard InChI is InChI=1S/C14H9F3N4O/c15-14(16,17)10-4-1-3-9(7-10)8-12-19-13(21-22-12)11-5-2-6-18-20-11/h1-7H,8H2. The minimum atomic E-state index is -4.38. The Balaban J connectivity index is 1.81. The number of alkyl halides is 3. The van der Waals surface area contributed by atoms with Crippen LogP contribution in [0.3, 0.4) is 0 Å². The van der Waals surface area contributed by atoms with Gasteiger partial charge in [0, 0.05) is 6.20 Å². The molecule has 8 heteroatoms. The van der Waals surface area contributed by atoms with Gasteiger partial charge in [-0.15, -0.1) is 5.10 Å². The normalized spacial score (nSPS) is 11.6. The number of rotatable bonds is 3. The van der Waals surface area contributed by atoms with Crippen molar-refractivity contribution in [3.05, 3.63) is 59.6 Å². The van der Waals surface area contributed by atoms with E-state index in [0.717, 1.165) is 12.1 Å². The lowest BCUT2D eigenvalue weighted by atomic mass is 10.1. The Hall–Kier alpha value is -2.77. The van der Waals surface area contributed by atoms with Crippen molar-refractivity contribution in [2.75, 3.05) is 0 Å². The zero-order chi connectivity index (χ0) is 15.6. The summed E-state index contributed by atoms with van der Waals surface area (Å²) in [6.45, 7) is 0. The van der Waals surface area contributed by atoms with E-state index in [-0.39, 0.29) is 18.1 Å². The molecular formula is C14H9F3N4O. The Morgan fingerprint density at radius 1 is 1.09 bits per heavy atom. The first kappa shape index (κ1) is 14.2. The van der Waals surface area contributed by atoms with E-state index < -0.39 is 11.7 Å². The van der Waals surface area contributed by atoms with Gasteiger partial charge in [0.05, 0.1) is 12.0 Å². The van der Waals surface area contributed by atoms with Crippen LogP contribution in [0.5, 0.6) is 0 Å². The van der Waals surface area contributed by atoms with Gasteiger partial charge >= 0.3 is 6.18 Å². The fourth-order valence-corrected chi connectivity index (χ4v) is 1.88. The minimum Gasteiger partial charge on any atom is -0.339 e. The summed E-state index contributed by atoms with van der Waals surface area (Å²) in [5.41, 5.74) is 0.157. The van der Waals surface area contributed by atoms with Gasteiger partial charge in [-0.05, 0) is 23.8 Å². The molecule has 0 N–H and O–H groups in total. The number of hydrogen-bond donors (Lipinski definition) is 0. The second kappa shape index (κ2) is 5.55. The molecule has 3 rings (SSSR count). The molecule has 0 saturated carbocycles. The first-order chi connectivity index (χ1) is 10.5. The van der Waals surface area contributed by atoms with Crippen LogP contribution in [0.2, 0.25) is 0 Å². The van der Waals surface area contributed by atoms with Crippen molar-refractivity contribution >= 4 is 0 Å². The van der Waals surface area contributed by atoms with Crippen molar-refractivity contribution in [3.8, 4) is 11.5 Å². The highest BCUT2D eigenvalue weighted by Crippen LogP contribution is 2.30. The first-order valence-electron chi connectivity index (χ1n) is 6.29. The average molecular weight is 306 g/mol. The zero-order valence-corrected chi connectivity index (χ0v) is 11.1. The summed E-state index contributed by atoms with van der Waals surface area (Å²) in [6, 6.07) is 8.32. The van der Waals surface area contributed by atoms with Gasteiger partial charge in [0.25, 0.3) is 0 Å². The fraction of sp³-hybridized carbons (Fsp3) is 0.143. The van der Waals surface area contributed by atoms with Gasteiger partial charge in [-0.25, -0.2) is 0 Å². The molecule has 0 fully saturated rings. The van der Waals surface area contributed by atoms with Crippen molar-refractivity contribution in [2.24, 2.45) is 0 Å². The topological polar surface area (TPSA) is 64.7 Å². The number of nitrogens with zero attached hydrogens (tertiary/aromatic N) is 4. The smallest absolute Gasteiger partial charge is 0.339 e. The summed E-state index contributed by atoms with van der Waals surface area (Å²) >= 11 is 0. The highest BCUT2D eigenvalue weighted by molar-refractivity contribution is 5.46. The summed E-state index contributed by atoms with van der Waals surface area (Å²) in [4.78, 5) is 4.11. The molecule has 5 nitrogen and oxygen atoms in total. The van der Waals surface area contributed by atoms with E-state index in [2.05, 4.69) is 20.3 Å². The number of hydrogen-bond acceptors (Lipinski definition) is 5. The van der Waals surface area contributed by atoms with Crippen LogP contribution in [0.4, 0.5) is 13.2 Å². The maximum atomic E-state index is 12.7. The molecule has 0 bridgehead atoms. The first-order valence-corrected chi connectivity index (χ1v) is 6.29. The Bertz CT molecular complexity index is 771. The third kappa shape index (κ3) is 3.11. The van der Waals surface area contributed by atoms with Crippen molar-refractivity contribution in [1.82, 2.24) is 20.3 Å². The fourth-order valence-electron chi connectivity index (χ4n) is 1.88. The molecule has 0 aliphatic rings. The van der Waals surface area contributed by atoms with Crippen LogP contribution in [0.25, 0.3) is 11.5 Å². The predicted molar refractivity (Wildman–Crippen MR) is 69.6 cm³/mol. The van der Waals surface area contributed by atoms with Crippen LogP contribution in [-0.2, 0) is 12.6 Å². The Labute approximate surface area is 122 Å². The Morgan fingerprint density at radius 3 is 2.68 bits per heavy atom. The van der Waals surface area contributed by atoms with Crippen LogP contribution in [0.1, 0.15) is 17.0 Å². The molecule has 1 aromatic carbocycles. The van der Waals surface area contributed by atoms with Crippen molar-refractivity contribution in [3.63, 3.8) is 0 Å². The van der Waals surface area contributed by atoms with E-state index in [9.17, 15) is 13.2 Å². The van der Waals surface area contributed by atoms with E-state index in [1.807, 2.05) is 0 Å². The molecule has 3 aromatic rings. The summed E-state index contributed by atoms with van der Waals surface area (Å²) in [5.74, 6) is 0.454. The maximum absolute atomic E-state index is 12.7. The second-order valence-electron chi connectivity index (χ2n) is 4.50. The van der Waals surface area contributed by atoms with E-state index in [1.54, 1.807) is 18.2 Å². The lowest BCUT2D eigenvalue weighted by Gasteiger charge is -2.07. The van der Waals surface area contributed by atoms with Crippen LogP contribution < -0.4 is 0 Å². The summed E-state index contributed by atoms with van der Waals surface area (Å²) in [6.07, 6.45) is -2.76. The molecule has 0 aliphatic heterocycles. The number of halogens is 3. The van der Waals surface area contributed by atoms with Gasteiger partial charge in [0.1, 0.15) is 5.69 Å². The summed E-state index contributed by atoms with van der Waals surface area (Å²) < 4.78 is 43.0. The Kier molecular flexibility index (Phi) is 3.58. The largest absolute Gasteiger partial charge is 0.416 e. The second-order valence-corrected chi connectivity index (χ2v) is 4.50. The van der Waals surface area contributed by atoms with Crippen molar-refractivity contribution in [2.45, 2.75) is 12.6 Å². The van der Waals surface area contributed by atoms with E-state index in [1.165, 1.54) is 12.3 Å². The van der Waals surface area contributed by atoms with Gasteiger partial charge in [-0.3, -0.25) is 0 Å². The molecule has 2 aromatic heterocycles. The van der Waals surface area contributed by atoms with Gasteiger partial charge < -0.3 is 4.52 Å². The van der Waals surface area contributed by atoms with Crippen LogP contribution in [0, 0.1) is 0 Å². The molecule has 0 unspecified atom stereocenters. The SMILES string of the molecule is FC(F)(F)c1cccc(Cc2nc(-c3cccnn3)no2)c1. The third-order valence-electron chi connectivity index (χ3n) is 2.88. The minimum absolute atomic E-state index is 0.108. The molecule has 112 valence electrons. The molecular weight excluding hydrogens is 297 g/mol. The third-order valence-corrected chi connectivity index (χ3v) is 2.88. The lowest BCUT2D eigenvalue weighted by Crippen LogP contribution is -2.05. The zero-order valence-electron chi connectivity index (χ0n) is 11.1. The Morgan fingerprint density at radius 2 is 1.95 bits per heavy atom. The van der Waals surface area contributed by atoms with E-state index in [4.69, 9.17) is 4.52 Å². The van der Waals surface area contributed by atoms with E-state index in [0.29, 0.717) is 11.3 Å². The molecule has 0 radical (unpaired) electrons. The van der Waals surface area contributed by atoms with Crippen molar-refractivity contribution < 1.29 is 17.7 Å². The highest BCUT2D eigenvalue weighted by atomic mass is 19.4.